The number of amides is 2. The molecular formula is C15H25N3O3. The van der Waals surface area contributed by atoms with Crippen LogP contribution < -0.4 is 11.1 Å². The van der Waals surface area contributed by atoms with E-state index >= 15 is 0 Å². The summed E-state index contributed by atoms with van der Waals surface area (Å²) in [5, 5.41) is 2.98. The van der Waals surface area contributed by atoms with Gasteiger partial charge in [0.1, 0.15) is 6.04 Å². The standard InChI is InChI=1S/C15H25N3O3/c1-15(6-2-3-12(15)16)14(20)18-7-8-21-9-11(18)13(19)17-10-4-5-10/h10-12H,2-9,16H2,1H3,(H,17,19). The van der Waals surface area contributed by atoms with E-state index in [-0.39, 0.29) is 24.5 Å². The lowest BCUT2D eigenvalue weighted by atomic mass is 9.83. The molecule has 3 fully saturated rings. The molecule has 2 saturated carbocycles. The quantitative estimate of drug-likeness (QED) is 0.768. The second kappa shape index (κ2) is 5.57. The van der Waals surface area contributed by atoms with Crippen molar-refractivity contribution in [2.24, 2.45) is 11.1 Å². The van der Waals surface area contributed by atoms with E-state index in [1.54, 1.807) is 4.90 Å². The molecule has 0 aromatic rings. The van der Waals surface area contributed by atoms with Crippen LogP contribution >= 0.6 is 0 Å². The number of nitrogens with two attached hydrogens (primary N) is 1. The van der Waals surface area contributed by atoms with E-state index in [1.165, 1.54) is 0 Å². The normalized spacial score (nSPS) is 36.6. The highest BCUT2D eigenvalue weighted by Gasteiger charge is 2.48. The van der Waals surface area contributed by atoms with E-state index in [2.05, 4.69) is 5.32 Å². The summed E-state index contributed by atoms with van der Waals surface area (Å²) < 4.78 is 5.42. The maximum Gasteiger partial charge on any atom is 0.245 e. The molecule has 0 radical (unpaired) electrons. The van der Waals surface area contributed by atoms with Crippen molar-refractivity contribution in [3.05, 3.63) is 0 Å². The first-order chi connectivity index (χ1) is 10.0. The first-order valence-electron chi connectivity index (χ1n) is 7.97. The number of rotatable bonds is 3. The predicted octanol–water partition coefficient (Wildman–Crippen LogP) is 0.00990. The Balaban J connectivity index is 1.73. The Hall–Kier alpha value is -1.14. The Morgan fingerprint density at radius 1 is 1.33 bits per heavy atom. The van der Waals surface area contributed by atoms with Gasteiger partial charge in [-0.25, -0.2) is 0 Å². The second-order valence-electron chi connectivity index (χ2n) is 6.79. The van der Waals surface area contributed by atoms with Gasteiger partial charge in [-0.3, -0.25) is 9.59 Å². The Bertz CT molecular complexity index is 438. The molecule has 3 N–H and O–H groups in total. The second-order valence-corrected chi connectivity index (χ2v) is 6.79. The van der Waals surface area contributed by atoms with Crippen LogP contribution in [-0.2, 0) is 14.3 Å². The molecule has 0 aromatic carbocycles. The van der Waals surface area contributed by atoms with Crippen molar-refractivity contribution in [1.29, 1.82) is 0 Å². The number of carbonyl (C=O) groups excluding carboxylic acids is 2. The molecule has 3 aliphatic rings. The molecule has 3 unspecified atom stereocenters. The summed E-state index contributed by atoms with van der Waals surface area (Å²) in [6.07, 6.45) is 4.74. The minimum Gasteiger partial charge on any atom is -0.377 e. The minimum atomic E-state index is -0.532. The van der Waals surface area contributed by atoms with Gasteiger partial charge in [-0.2, -0.15) is 0 Å². The molecule has 1 aliphatic heterocycles. The Labute approximate surface area is 125 Å². The molecule has 6 heteroatoms. The zero-order chi connectivity index (χ0) is 15.0. The molecular weight excluding hydrogens is 270 g/mol. The van der Waals surface area contributed by atoms with Gasteiger partial charge in [0.2, 0.25) is 11.8 Å². The largest absolute Gasteiger partial charge is 0.377 e. The molecule has 0 aromatic heterocycles. The molecule has 0 spiro atoms. The summed E-state index contributed by atoms with van der Waals surface area (Å²) in [5.41, 5.74) is 5.62. The highest BCUT2D eigenvalue weighted by atomic mass is 16.5. The van der Waals surface area contributed by atoms with Gasteiger partial charge < -0.3 is 20.7 Å². The fraction of sp³-hybridized carbons (Fsp3) is 0.867. The third-order valence-corrected chi connectivity index (χ3v) is 5.13. The van der Waals surface area contributed by atoms with Crippen molar-refractivity contribution >= 4 is 11.8 Å². The van der Waals surface area contributed by atoms with Crippen LogP contribution in [0.5, 0.6) is 0 Å². The average molecular weight is 295 g/mol. The highest BCUT2D eigenvalue weighted by Crippen LogP contribution is 2.39. The van der Waals surface area contributed by atoms with Gasteiger partial charge in [-0.05, 0) is 32.6 Å². The van der Waals surface area contributed by atoms with Crippen molar-refractivity contribution in [3.63, 3.8) is 0 Å². The average Bonchev–Trinajstić information content (AvgIpc) is 3.23. The number of carbonyl (C=O) groups is 2. The van der Waals surface area contributed by atoms with E-state index in [9.17, 15) is 9.59 Å². The Morgan fingerprint density at radius 3 is 2.71 bits per heavy atom. The molecule has 21 heavy (non-hydrogen) atoms. The molecule has 2 amide bonds. The zero-order valence-electron chi connectivity index (χ0n) is 12.6. The first kappa shape index (κ1) is 14.8. The lowest BCUT2D eigenvalue weighted by molar-refractivity contribution is -0.156. The number of nitrogens with zero attached hydrogens (tertiary/aromatic N) is 1. The molecule has 1 saturated heterocycles. The van der Waals surface area contributed by atoms with Gasteiger partial charge in [0.05, 0.1) is 18.6 Å². The summed E-state index contributed by atoms with van der Waals surface area (Å²) >= 11 is 0. The summed E-state index contributed by atoms with van der Waals surface area (Å²) in [7, 11) is 0. The highest BCUT2D eigenvalue weighted by molar-refractivity contribution is 5.91. The molecule has 1 heterocycles. The van der Waals surface area contributed by atoms with E-state index < -0.39 is 11.5 Å². The van der Waals surface area contributed by atoms with Crippen LogP contribution in [0.25, 0.3) is 0 Å². The van der Waals surface area contributed by atoms with Crippen molar-refractivity contribution < 1.29 is 14.3 Å². The van der Waals surface area contributed by atoms with E-state index in [1.807, 2.05) is 6.92 Å². The van der Waals surface area contributed by atoms with Crippen LogP contribution in [0.3, 0.4) is 0 Å². The van der Waals surface area contributed by atoms with Gasteiger partial charge in [0.25, 0.3) is 0 Å². The van der Waals surface area contributed by atoms with Crippen LogP contribution in [0, 0.1) is 5.41 Å². The van der Waals surface area contributed by atoms with Crippen molar-refractivity contribution in [2.45, 2.75) is 57.2 Å². The van der Waals surface area contributed by atoms with Crippen LogP contribution in [-0.4, -0.2) is 54.6 Å². The van der Waals surface area contributed by atoms with E-state index in [4.69, 9.17) is 10.5 Å². The topological polar surface area (TPSA) is 84.7 Å². The summed E-state index contributed by atoms with van der Waals surface area (Å²) in [4.78, 5) is 27.0. The number of ether oxygens (including phenoxy) is 1. The van der Waals surface area contributed by atoms with Crippen molar-refractivity contribution in [3.8, 4) is 0 Å². The van der Waals surface area contributed by atoms with Gasteiger partial charge in [0, 0.05) is 18.6 Å². The lowest BCUT2D eigenvalue weighted by Gasteiger charge is -2.40. The fourth-order valence-electron chi connectivity index (χ4n) is 3.38. The first-order valence-corrected chi connectivity index (χ1v) is 7.97. The van der Waals surface area contributed by atoms with E-state index in [0.717, 1.165) is 32.1 Å². The number of hydrogen-bond acceptors (Lipinski definition) is 4. The number of nitrogens with one attached hydrogen (secondary N) is 1. The summed E-state index contributed by atoms with van der Waals surface area (Å²) in [6, 6.07) is -0.322. The number of morpholine rings is 1. The monoisotopic (exact) mass is 295 g/mol. The van der Waals surface area contributed by atoms with Gasteiger partial charge in [0.15, 0.2) is 0 Å². The maximum atomic E-state index is 13.0. The Morgan fingerprint density at radius 2 is 2.10 bits per heavy atom. The fourth-order valence-corrected chi connectivity index (χ4v) is 3.38. The third-order valence-electron chi connectivity index (χ3n) is 5.13. The van der Waals surface area contributed by atoms with Crippen LogP contribution in [0.2, 0.25) is 0 Å². The van der Waals surface area contributed by atoms with Gasteiger partial charge in [-0.15, -0.1) is 0 Å². The van der Waals surface area contributed by atoms with Gasteiger partial charge >= 0.3 is 0 Å². The molecule has 2 aliphatic carbocycles. The third kappa shape index (κ3) is 2.79. The van der Waals surface area contributed by atoms with Crippen molar-refractivity contribution in [2.75, 3.05) is 19.8 Å². The van der Waals surface area contributed by atoms with Crippen LogP contribution in [0.15, 0.2) is 0 Å². The van der Waals surface area contributed by atoms with Crippen LogP contribution in [0.1, 0.15) is 39.0 Å². The summed E-state index contributed by atoms with van der Waals surface area (Å²) in [5.74, 6) is -0.0625. The van der Waals surface area contributed by atoms with Crippen LogP contribution in [0.4, 0.5) is 0 Å². The number of hydrogen-bond donors (Lipinski definition) is 2. The van der Waals surface area contributed by atoms with Gasteiger partial charge in [-0.1, -0.05) is 6.42 Å². The molecule has 3 atom stereocenters. The maximum absolute atomic E-state index is 13.0. The minimum absolute atomic E-state index is 0.0201. The molecule has 6 nitrogen and oxygen atoms in total. The lowest BCUT2D eigenvalue weighted by Crippen LogP contribution is -2.60. The molecule has 0 bridgehead atoms. The molecule has 3 rings (SSSR count). The molecule has 118 valence electrons. The van der Waals surface area contributed by atoms with Crippen molar-refractivity contribution in [1.82, 2.24) is 10.2 Å². The predicted molar refractivity (Wildman–Crippen MR) is 77.4 cm³/mol. The SMILES string of the molecule is CC1(C(=O)N2CCOCC2C(=O)NC2CC2)CCCC1N. The Kier molecular flexibility index (Phi) is 3.92. The zero-order valence-corrected chi connectivity index (χ0v) is 12.6. The van der Waals surface area contributed by atoms with E-state index in [0.29, 0.717) is 19.2 Å². The summed E-state index contributed by atoms with van der Waals surface area (Å²) in [6.45, 7) is 3.20. The smallest absolute Gasteiger partial charge is 0.245 e.